The van der Waals surface area contributed by atoms with Crippen molar-refractivity contribution in [2.75, 3.05) is 11.5 Å². The molecule has 0 radical (unpaired) electrons. The van der Waals surface area contributed by atoms with Crippen LogP contribution in [0.3, 0.4) is 0 Å². The Balaban J connectivity index is 1.91. The second-order valence-electron chi connectivity index (χ2n) is 8.54. The van der Waals surface area contributed by atoms with Crippen LogP contribution in [-0.2, 0) is 16.3 Å². The number of thioether (sulfide) groups is 1. The summed E-state index contributed by atoms with van der Waals surface area (Å²) in [6, 6.07) is 4.45. The fourth-order valence-corrected chi connectivity index (χ4v) is 7.91. The van der Waals surface area contributed by atoms with Crippen LogP contribution in [0, 0.1) is 13.8 Å². The van der Waals surface area contributed by atoms with E-state index < -0.39 is 9.84 Å². The van der Waals surface area contributed by atoms with E-state index in [9.17, 15) is 8.42 Å². The summed E-state index contributed by atoms with van der Waals surface area (Å²) in [5, 5.41) is 2.40. The van der Waals surface area contributed by atoms with Gasteiger partial charge in [-0.05, 0) is 84.6 Å². The molecule has 2 aromatic carbocycles. The summed E-state index contributed by atoms with van der Waals surface area (Å²) in [4.78, 5) is 1.70. The van der Waals surface area contributed by atoms with Crippen molar-refractivity contribution in [2.45, 2.75) is 57.8 Å². The minimum atomic E-state index is -3.33. The number of benzene rings is 2. The van der Waals surface area contributed by atoms with E-state index in [1.165, 1.54) is 28.5 Å². The number of rotatable bonds is 3. The van der Waals surface area contributed by atoms with Gasteiger partial charge in [-0.1, -0.05) is 42.9 Å². The molecule has 156 valence electrons. The van der Waals surface area contributed by atoms with E-state index in [1.54, 1.807) is 24.3 Å². The summed E-state index contributed by atoms with van der Waals surface area (Å²) in [5.41, 5.74) is 8.77. The van der Waals surface area contributed by atoms with Crippen molar-refractivity contribution < 1.29 is 8.42 Å². The summed E-state index contributed by atoms with van der Waals surface area (Å²) in [6.45, 7) is 5.88. The molecule has 0 saturated heterocycles. The van der Waals surface area contributed by atoms with Crippen molar-refractivity contribution in [1.82, 2.24) is 0 Å². The molecular formula is C26H28O2S2. The molecule has 0 fully saturated rings. The molecule has 5 rings (SSSR count). The highest BCUT2D eigenvalue weighted by molar-refractivity contribution is 8.08. The maximum absolute atomic E-state index is 13.2. The number of fused-ring (bicyclic) bond motifs is 4. The lowest BCUT2D eigenvalue weighted by Gasteiger charge is -2.28. The van der Waals surface area contributed by atoms with E-state index in [4.69, 9.17) is 0 Å². The zero-order valence-corrected chi connectivity index (χ0v) is 19.6. The van der Waals surface area contributed by atoms with Crippen molar-refractivity contribution in [1.29, 1.82) is 0 Å². The molecule has 0 N–H and O–H groups in total. The molecule has 0 atom stereocenters. The van der Waals surface area contributed by atoms with Crippen molar-refractivity contribution in [3.05, 3.63) is 63.8 Å². The van der Waals surface area contributed by atoms with E-state index in [1.807, 2.05) is 6.92 Å². The van der Waals surface area contributed by atoms with Gasteiger partial charge in [0.1, 0.15) is 0 Å². The predicted octanol–water partition coefficient (Wildman–Crippen LogP) is 6.78. The van der Waals surface area contributed by atoms with Gasteiger partial charge < -0.3 is 0 Å². The van der Waals surface area contributed by atoms with Gasteiger partial charge in [0.05, 0.1) is 10.6 Å². The third-order valence-corrected chi connectivity index (χ3v) is 9.99. The average Bonchev–Trinajstić information content (AvgIpc) is 3.29. The summed E-state index contributed by atoms with van der Waals surface area (Å²) in [5.74, 6) is 1.16. The van der Waals surface area contributed by atoms with Gasteiger partial charge in [0.2, 0.25) is 0 Å². The fraction of sp³-hybridized carbons (Fsp3) is 0.385. The van der Waals surface area contributed by atoms with Crippen LogP contribution < -0.4 is 0 Å². The van der Waals surface area contributed by atoms with E-state index in [0.717, 1.165) is 58.4 Å². The minimum absolute atomic E-state index is 0.135. The van der Waals surface area contributed by atoms with Gasteiger partial charge in [-0.3, -0.25) is 0 Å². The summed E-state index contributed by atoms with van der Waals surface area (Å²) in [7, 11) is -3.33. The number of hydrogen-bond acceptors (Lipinski definition) is 3. The highest BCUT2D eigenvalue weighted by Crippen LogP contribution is 2.47. The molecule has 2 aromatic rings. The maximum atomic E-state index is 13.2. The first kappa shape index (κ1) is 20.1. The lowest BCUT2D eigenvalue weighted by molar-refractivity contribution is 0.596. The number of allylic oxidation sites excluding steroid dienone is 5. The Labute approximate surface area is 184 Å². The van der Waals surface area contributed by atoms with Gasteiger partial charge >= 0.3 is 0 Å². The monoisotopic (exact) mass is 436 g/mol. The molecule has 0 spiro atoms. The smallest absolute Gasteiger partial charge is 0.179 e. The van der Waals surface area contributed by atoms with Crippen LogP contribution in [0.25, 0.3) is 21.3 Å². The van der Waals surface area contributed by atoms with Gasteiger partial charge in [0.15, 0.2) is 9.84 Å². The molecule has 0 aromatic heterocycles. The van der Waals surface area contributed by atoms with Crippen molar-refractivity contribution in [3.8, 4) is 0 Å². The molecule has 30 heavy (non-hydrogen) atoms. The van der Waals surface area contributed by atoms with Gasteiger partial charge in [-0.2, -0.15) is 0 Å². The first-order valence-electron chi connectivity index (χ1n) is 11.0. The summed E-state index contributed by atoms with van der Waals surface area (Å²) >= 11 is 1.80. The van der Waals surface area contributed by atoms with E-state index in [2.05, 4.69) is 37.3 Å². The maximum Gasteiger partial charge on any atom is 0.179 e. The molecule has 2 nitrogen and oxygen atoms in total. The largest absolute Gasteiger partial charge is 0.224 e. The first-order valence-corrected chi connectivity index (χ1v) is 13.6. The van der Waals surface area contributed by atoms with Crippen molar-refractivity contribution >= 4 is 42.8 Å². The SMILES string of the molecule is CCS(=O)(=O)c1c(C)c(C)c2c3c(ccc2c1C1=CCCS1)C1=C(CCC=C1)CC3. The van der Waals surface area contributed by atoms with Crippen LogP contribution in [0.15, 0.2) is 40.8 Å². The average molecular weight is 437 g/mol. The highest BCUT2D eigenvalue weighted by atomic mass is 32.2. The third kappa shape index (κ3) is 2.95. The van der Waals surface area contributed by atoms with Crippen LogP contribution in [0.2, 0.25) is 0 Å². The summed E-state index contributed by atoms with van der Waals surface area (Å²) < 4.78 is 26.4. The van der Waals surface area contributed by atoms with Gasteiger partial charge in [-0.25, -0.2) is 8.42 Å². The second kappa shape index (κ2) is 7.42. The van der Waals surface area contributed by atoms with Crippen LogP contribution in [0.5, 0.6) is 0 Å². The molecule has 3 aliphatic rings. The molecule has 0 amide bonds. The molecule has 0 unspecified atom stereocenters. The van der Waals surface area contributed by atoms with E-state index >= 15 is 0 Å². The lowest BCUT2D eigenvalue weighted by Crippen LogP contribution is -2.13. The fourth-order valence-electron chi connectivity index (χ4n) is 5.36. The molecule has 4 heteroatoms. The Kier molecular flexibility index (Phi) is 4.98. The topological polar surface area (TPSA) is 34.1 Å². The van der Waals surface area contributed by atoms with Crippen molar-refractivity contribution in [3.63, 3.8) is 0 Å². The van der Waals surface area contributed by atoms with Crippen LogP contribution in [0.4, 0.5) is 0 Å². The Morgan fingerprint density at radius 1 is 1.03 bits per heavy atom. The minimum Gasteiger partial charge on any atom is -0.224 e. The Hall–Kier alpha value is -1.78. The number of hydrogen-bond donors (Lipinski definition) is 0. The van der Waals surface area contributed by atoms with Gasteiger partial charge in [0, 0.05) is 16.2 Å². The van der Waals surface area contributed by atoms with E-state index in [-0.39, 0.29) is 5.75 Å². The number of aryl methyl sites for hydroxylation is 2. The molecule has 0 bridgehead atoms. The molecule has 1 heterocycles. The molecule has 1 aliphatic heterocycles. The normalized spacial score (nSPS) is 18.6. The number of sulfone groups is 1. The van der Waals surface area contributed by atoms with Crippen LogP contribution in [0.1, 0.15) is 60.4 Å². The standard InChI is InChI=1S/C26H28O2S2/c1-4-30(27,28)26-17(3)16(2)24-21-12-11-18-8-5-6-9-19(18)20(21)13-14-22(24)25(26)23-10-7-15-29-23/h6,9-10,13-14H,4-5,7-8,11-12,15H2,1-3H3. The lowest BCUT2D eigenvalue weighted by atomic mass is 9.78. The van der Waals surface area contributed by atoms with Crippen LogP contribution in [-0.4, -0.2) is 19.9 Å². The molecule has 0 saturated carbocycles. The Morgan fingerprint density at radius 2 is 1.87 bits per heavy atom. The quantitative estimate of drug-likeness (QED) is 0.532. The first-order chi connectivity index (χ1) is 14.4. The van der Waals surface area contributed by atoms with E-state index in [0.29, 0.717) is 4.90 Å². The van der Waals surface area contributed by atoms with Gasteiger partial charge in [-0.15, -0.1) is 11.8 Å². The van der Waals surface area contributed by atoms with Gasteiger partial charge in [0.25, 0.3) is 0 Å². The second-order valence-corrected chi connectivity index (χ2v) is 11.9. The Bertz CT molecular complexity index is 1270. The third-order valence-electron chi connectivity index (χ3n) is 6.98. The zero-order valence-electron chi connectivity index (χ0n) is 18.0. The Morgan fingerprint density at radius 3 is 2.60 bits per heavy atom. The molecule has 2 aliphatic carbocycles. The zero-order chi connectivity index (χ0) is 21.0. The van der Waals surface area contributed by atoms with Crippen molar-refractivity contribution in [2.24, 2.45) is 0 Å². The highest BCUT2D eigenvalue weighted by Gasteiger charge is 2.30. The van der Waals surface area contributed by atoms with Crippen LogP contribution >= 0.6 is 11.8 Å². The predicted molar refractivity (Wildman–Crippen MR) is 130 cm³/mol. The molecular weight excluding hydrogens is 408 g/mol. The summed E-state index contributed by atoms with van der Waals surface area (Å²) in [6.07, 6.45) is 12.3.